The molecule has 5 atom stereocenters. The molecule has 0 spiro atoms. The van der Waals surface area contributed by atoms with E-state index in [-0.39, 0.29) is 35.6 Å². The van der Waals surface area contributed by atoms with Gasteiger partial charge >= 0.3 is 0 Å². The summed E-state index contributed by atoms with van der Waals surface area (Å²) in [6, 6.07) is 10.0. The highest BCUT2D eigenvalue weighted by molar-refractivity contribution is 7.19. The molecule has 1 aromatic heterocycles. The van der Waals surface area contributed by atoms with Crippen molar-refractivity contribution < 1.29 is 14.3 Å². The molecule has 1 saturated carbocycles. The Labute approximate surface area is 161 Å². The third-order valence-electron chi connectivity index (χ3n) is 6.19. The molecule has 2 saturated heterocycles. The maximum Gasteiger partial charge on any atom is 0.154 e. The molecule has 0 radical (unpaired) electrons. The molecular weight excluding hydrogens is 368 g/mol. The first kappa shape index (κ1) is 16.7. The first-order valence-electron chi connectivity index (χ1n) is 9.20. The van der Waals surface area contributed by atoms with Crippen LogP contribution in [-0.4, -0.2) is 23.8 Å². The smallest absolute Gasteiger partial charge is 0.154 e. The Morgan fingerprint density at radius 2 is 1.77 bits per heavy atom. The standard InChI is InChI=1S/C21H19ClO3S/c1-2-10-3-4-11(15-7-8-16(22)26-15)9-12(10)17-20(23)18-13-5-6-14(25-13)19(18)21(17)24/h3-4,7-9,13-14,17-19H,2,5-6H2,1H3/t13-,14+,17?,18-,19+. The molecular formula is C21H19ClO3S. The van der Waals surface area contributed by atoms with Crippen LogP contribution in [0.25, 0.3) is 10.4 Å². The number of hydrogen-bond donors (Lipinski definition) is 0. The highest BCUT2D eigenvalue weighted by Gasteiger charge is 2.63. The van der Waals surface area contributed by atoms with Gasteiger partial charge < -0.3 is 4.74 Å². The molecule has 0 N–H and O–H groups in total. The first-order chi connectivity index (χ1) is 12.6. The number of halogens is 1. The van der Waals surface area contributed by atoms with E-state index in [1.165, 1.54) is 11.3 Å². The molecule has 1 aliphatic carbocycles. The second-order valence-corrected chi connectivity index (χ2v) is 9.17. The first-order valence-corrected chi connectivity index (χ1v) is 10.4. The molecule has 26 heavy (non-hydrogen) atoms. The number of ketones is 2. The maximum absolute atomic E-state index is 13.2. The maximum atomic E-state index is 13.2. The van der Waals surface area contributed by atoms with Crippen molar-refractivity contribution in [3.05, 3.63) is 45.8 Å². The zero-order valence-corrected chi connectivity index (χ0v) is 16.0. The lowest BCUT2D eigenvalue weighted by molar-refractivity contribution is -0.127. The summed E-state index contributed by atoms with van der Waals surface area (Å²) in [5.41, 5.74) is 2.99. The van der Waals surface area contributed by atoms with Gasteiger partial charge in [0.2, 0.25) is 0 Å². The summed E-state index contributed by atoms with van der Waals surface area (Å²) in [6.45, 7) is 2.07. The Bertz CT molecular complexity index is 890. The second kappa shape index (κ2) is 6.01. The van der Waals surface area contributed by atoms with E-state index in [0.717, 1.165) is 45.2 Å². The monoisotopic (exact) mass is 386 g/mol. The van der Waals surface area contributed by atoms with Gasteiger partial charge in [0.1, 0.15) is 5.92 Å². The van der Waals surface area contributed by atoms with Gasteiger partial charge in [-0.05, 0) is 54.2 Å². The molecule has 3 fully saturated rings. The average molecular weight is 387 g/mol. The molecule has 2 aliphatic heterocycles. The minimum atomic E-state index is -0.623. The molecule has 5 rings (SSSR count). The molecule has 3 aliphatic rings. The summed E-state index contributed by atoms with van der Waals surface area (Å²) >= 11 is 7.59. The lowest BCUT2D eigenvalue weighted by atomic mass is 9.81. The zero-order valence-electron chi connectivity index (χ0n) is 14.4. The lowest BCUT2D eigenvalue weighted by Gasteiger charge is -2.17. The molecule has 2 aromatic rings. The van der Waals surface area contributed by atoms with E-state index in [0.29, 0.717) is 0 Å². The van der Waals surface area contributed by atoms with Crippen LogP contribution in [0.2, 0.25) is 4.34 Å². The number of ether oxygens (including phenoxy) is 1. The second-order valence-electron chi connectivity index (χ2n) is 7.45. The number of hydrogen-bond acceptors (Lipinski definition) is 4. The van der Waals surface area contributed by atoms with E-state index in [1.54, 1.807) is 0 Å². The van der Waals surface area contributed by atoms with E-state index >= 15 is 0 Å². The van der Waals surface area contributed by atoms with Gasteiger partial charge in [-0.3, -0.25) is 9.59 Å². The van der Waals surface area contributed by atoms with Crippen molar-refractivity contribution in [3.8, 4) is 10.4 Å². The van der Waals surface area contributed by atoms with Crippen LogP contribution in [0.3, 0.4) is 0 Å². The van der Waals surface area contributed by atoms with E-state index in [2.05, 4.69) is 19.1 Å². The highest BCUT2D eigenvalue weighted by atomic mass is 35.5. The number of thiophene rings is 1. The van der Waals surface area contributed by atoms with Crippen LogP contribution >= 0.6 is 22.9 Å². The van der Waals surface area contributed by atoms with Crippen LogP contribution < -0.4 is 0 Å². The minimum absolute atomic E-state index is 0.0455. The predicted octanol–water partition coefficient (Wildman–Crippen LogP) is 4.66. The summed E-state index contributed by atoms with van der Waals surface area (Å²) in [5, 5.41) is 0. The molecule has 134 valence electrons. The van der Waals surface area contributed by atoms with E-state index in [4.69, 9.17) is 16.3 Å². The highest BCUT2D eigenvalue weighted by Crippen LogP contribution is 2.52. The fraction of sp³-hybridized carbons (Fsp3) is 0.429. The van der Waals surface area contributed by atoms with Crippen LogP contribution in [0.4, 0.5) is 0 Å². The summed E-state index contributed by atoms with van der Waals surface area (Å²) in [7, 11) is 0. The van der Waals surface area contributed by atoms with Crippen LogP contribution in [0.15, 0.2) is 30.3 Å². The molecule has 3 nitrogen and oxygen atoms in total. The number of Topliss-reactive ketones (excluding diaryl/α,β-unsaturated/α-hetero) is 2. The zero-order chi connectivity index (χ0) is 18.0. The van der Waals surface area contributed by atoms with Crippen LogP contribution in [0.1, 0.15) is 36.8 Å². The molecule has 5 heteroatoms. The Hall–Kier alpha value is -1.49. The lowest BCUT2D eigenvalue weighted by Crippen LogP contribution is -2.29. The molecule has 1 aromatic carbocycles. The minimum Gasteiger partial charge on any atom is -0.373 e. The van der Waals surface area contributed by atoms with Gasteiger partial charge in [0.15, 0.2) is 11.6 Å². The van der Waals surface area contributed by atoms with Crippen molar-refractivity contribution in [1.29, 1.82) is 0 Å². The van der Waals surface area contributed by atoms with Gasteiger partial charge in [-0.1, -0.05) is 30.7 Å². The third kappa shape index (κ3) is 2.29. The van der Waals surface area contributed by atoms with Crippen molar-refractivity contribution in [1.82, 2.24) is 0 Å². The largest absolute Gasteiger partial charge is 0.373 e. The summed E-state index contributed by atoms with van der Waals surface area (Å²) < 4.78 is 6.60. The number of fused-ring (bicyclic) bond motifs is 5. The van der Waals surface area contributed by atoms with Crippen LogP contribution in [-0.2, 0) is 20.7 Å². The molecule has 1 unspecified atom stereocenters. The van der Waals surface area contributed by atoms with E-state index in [9.17, 15) is 9.59 Å². The van der Waals surface area contributed by atoms with Gasteiger partial charge in [-0.25, -0.2) is 0 Å². The number of carbonyl (C=O) groups is 2. The molecule has 0 amide bonds. The van der Waals surface area contributed by atoms with Gasteiger partial charge in [0, 0.05) is 4.88 Å². The quantitative estimate of drug-likeness (QED) is 0.720. The Morgan fingerprint density at radius 3 is 2.35 bits per heavy atom. The summed E-state index contributed by atoms with van der Waals surface area (Å²) in [6.07, 6.45) is 2.53. The third-order valence-corrected chi connectivity index (χ3v) is 7.48. The fourth-order valence-electron chi connectivity index (χ4n) is 5.04. The SMILES string of the molecule is CCc1ccc(-c2ccc(Cl)s2)cc1C1C(=O)[C@@H]2[C@H](C1=O)[C@H]1CC[C@@H]2O1. The Kier molecular flexibility index (Phi) is 3.85. The van der Waals surface area contributed by atoms with Crippen molar-refractivity contribution in [2.24, 2.45) is 11.8 Å². The average Bonchev–Trinajstić information content (AvgIpc) is 3.39. The Morgan fingerprint density at radius 1 is 1.08 bits per heavy atom. The van der Waals surface area contributed by atoms with Crippen molar-refractivity contribution in [2.45, 2.75) is 44.3 Å². The normalized spacial score (nSPS) is 32.5. The van der Waals surface area contributed by atoms with Gasteiger partial charge in [0.05, 0.1) is 28.4 Å². The predicted molar refractivity (Wildman–Crippen MR) is 102 cm³/mol. The van der Waals surface area contributed by atoms with Gasteiger partial charge in [-0.15, -0.1) is 11.3 Å². The van der Waals surface area contributed by atoms with Gasteiger partial charge in [0.25, 0.3) is 0 Å². The van der Waals surface area contributed by atoms with Crippen molar-refractivity contribution in [3.63, 3.8) is 0 Å². The van der Waals surface area contributed by atoms with Crippen molar-refractivity contribution in [2.75, 3.05) is 0 Å². The van der Waals surface area contributed by atoms with Crippen LogP contribution in [0.5, 0.6) is 0 Å². The Balaban J connectivity index is 1.59. The van der Waals surface area contributed by atoms with E-state index < -0.39 is 5.92 Å². The summed E-state index contributed by atoms with van der Waals surface area (Å²) in [5.74, 6) is -0.930. The number of aryl methyl sites for hydroxylation is 1. The number of benzene rings is 1. The number of carbonyl (C=O) groups excluding carboxylic acids is 2. The van der Waals surface area contributed by atoms with Gasteiger partial charge in [-0.2, -0.15) is 0 Å². The van der Waals surface area contributed by atoms with Crippen LogP contribution in [0, 0.1) is 11.8 Å². The molecule has 3 heterocycles. The molecule has 2 bridgehead atoms. The summed E-state index contributed by atoms with van der Waals surface area (Å²) in [4.78, 5) is 27.4. The van der Waals surface area contributed by atoms with E-state index in [1.807, 2.05) is 18.2 Å². The number of rotatable bonds is 3. The topological polar surface area (TPSA) is 43.4 Å². The fourth-order valence-corrected chi connectivity index (χ4v) is 6.08. The van der Waals surface area contributed by atoms with Crippen molar-refractivity contribution >= 4 is 34.5 Å².